The summed E-state index contributed by atoms with van der Waals surface area (Å²) in [4.78, 5) is 18.4. The third kappa shape index (κ3) is 4.94. The predicted octanol–water partition coefficient (Wildman–Crippen LogP) is 3.51. The van der Waals surface area contributed by atoms with E-state index in [1.165, 1.54) is 17.1 Å². The molecule has 0 spiro atoms. The lowest BCUT2D eigenvalue weighted by molar-refractivity contribution is -0.132. The first-order valence-corrected chi connectivity index (χ1v) is 10.6. The highest BCUT2D eigenvalue weighted by Crippen LogP contribution is 2.35. The number of hydrogen-bond acceptors (Lipinski definition) is 5. The van der Waals surface area contributed by atoms with Gasteiger partial charge in [-0.15, -0.1) is 0 Å². The van der Waals surface area contributed by atoms with Gasteiger partial charge in [0.2, 0.25) is 11.9 Å². The van der Waals surface area contributed by atoms with Gasteiger partial charge in [0.05, 0.1) is 6.61 Å². The summed E-state index contributed by atoms with van der Waals surface area (Å²) in [5, 5.41) is 7.16. The topological polar surface area (TPSA) is 72.3 Å². The molecule has 1 N–H and O–H groups in total. The maximum atomic E-state index is 13.5. The number of benzene rings is 1. The molecule has 1 aromatic heterocycles. The first kappa shape index (κ1) is 21.5. The van der Waals surface area contributed by atoms with Crippen molar-refractivity contribution in [2.24, 2.45) is 5.92 Å². The molecular formula is C21H26F3N5O2. The molecule has 0 bridgehead atoms. The van der Waals surface area contributed by atoms with E-state index in [0.29, 0.717) is 38.3 Å². The number of para-hydroxylation sites is 1. The summed E-state index contributed by atoms with van der Waals surface area (Å²) in [5.74, 6) is 0.390. The minimum atomic E-state index is -2.50. The van der Waals surface area contributed by atoms with Crippen LogP contribution in [0.3, 0.4) is 0 Å². The third-order valence-electron chi connectivity index (χ3n) is 6.08. The standard InChI is InChI=1S/C21H26F3N5O2/c22-15-4-1-2-5-18(15)31-11-3-6-19(30)28-9-7-14(8-10-28)16-12-17(20(23)24)29-21(27-16)25-13-26-29/h1-2,4-5,13-14,16-17,20H,3,6-12H2,(H,25,26,27)/t16-,17+/m0/s1. The van der Waals surface area contributed by atoms with E-state index in [1.807, 2.05) is 4.90 Å². The highest BCUT2D eigenvalue weighted by Gasteiger charge is 2.38. The average Bonchev–Trinajstić information content (AvgIpc) is 3.25. The number of halogens is 3. The molecule has 2 aliphatic rings. The summed E-state index contributed by atoms with van der Waals surface area (Å²) in [6, 6.07) is 5.10. The molecule has 168 valence electrons. The molecule has 4 rings (SSSR count). The van der Waals surface area contributed by atoms with Crippen molar-refractivity contribution in [3.05, 3.63) is 36.4 Å². The smallest absolute Gasteiger partial charge is 0.260 e. The molecule has 31 heavy (non-hydrogen) atoms. The van der Waals surface area contributed by atoms with Gasteiger partial charge in [-0.25, -0.2) is 17.9 Å². The van der Waals surface area contributed by atoms with Crippen molar-refractivity contribution in [2.75, 3.05) is 25.0 Å². The molecular weight excluding hydrogens is 411 g/mol. The first-order chi connectivity index (χ1) is 15.0. The quantitative estimate of drug-likeness (QED) is 0.672. The molecule has 1 saturated heterocycles. The van der Waals surface area contributed by atoms with Crippen LogP contribution in [-0.2, 0) is 4.79 Å². The highest BCUT2D eigenvalue weighted by atomic mass is 19.3. The Balaban J connectivity index is 1.21. The lowest BCUT2D eigenvalue weighted by Gasteiger charge is -2.40. The number of fused-ring (bicyclic) bond motifs is 1. The average molecular weight is 437 g/mol. The number of rotatable bonds is 7. The van der Waals surface area contributed by atoms with Crippen molar-refractivity contribution in [1.29, 1.82) is 0 Å². The third-order valence-corrected chi connectivity index (χ3v) is 6.08. The molecule has 2 aromatic rings. The number of carbonyl (C=O) groups is 1. The van der Waals surface area contributed by atoms with Gasteiger partial charge in [-0.1, -0.05) is 12.1 Å². The van der Waals surface area contributed by atoms with Crippen molar-refractivity contribution in [1.82, 2.24) is 19.7 Å². The fourth-order valence-corrected chi connectivity index (χ4v) is 4.38. The van der Waals surface area contributed by atoms with Crippen LogP contribution in [0.2, 0.25) is 0 Å². The number of alkyl halides is 2. The normalized spacial score (nSPS) is 21.6. The Morgan fingerprint density at radius 1 is 1.26 bits per heavy atom. The van der Waals surface area contributed by atoms with E-state index in [1.54, 1.807) is 18.2 Å². The van der Waals surface area contributed by atoms with Gasteiger partial charge in [-0.05, 0) is 43.7 Å². The Labute approximate surface area is 178 Å². The lowest BCUT2D eigenvalue weighted by atomic mass is 9.85. The molecule has 1 aromatic carbocycles. The summed E-state index contributed by atoms with van der Waals surface area (Å²) < 4.78 is 47.1. The monoisotopic (exact) mass is 437 g/mol. The van der Waals surface area contributed by atoms with E-state index in [9.17, 15) is 18.0 Å². The van der Waals surface area contributed by atoms with E-state index in [0.717, 1.165) is 12.8 Å². The van der Waals surface area contributed by atoms with Crippen LogP contribution in [0.5, 0.6) is 5.75 Å². The van der Waals surface area contributed by atoms with Gasteiger partial charge in [-0.2, -0.15) is 10.1 Å². The van der Waals surface area contributed by atoms with Crippen LogP contribution in [0.1, 0.15) is 38.1 Å². The molecule has 2 aliphatic heterocycles. The van der Waals surface area contributed by atoms with Crippen LogP contribution in [0, 0.1) is 11.7 Å². The van der Waals surface area contributed by atoms with Crippen LogP contribution in [0.4, 0.5) is 19.1 Å². The van der Waals surface area contributed by atoms with Crippen molar-refractivity contribution >= 4 is 11.9 Å². The number of nitrogens with one attached hydrogen (secondary N) is 1. The zero-order chi connectivity index (χ0) is 21.8. The summed E-state index contributed by atoms with van der Waals surface area (Å²) in [6.45, 7) is 1.47. The number of ether oxygens (including phenoxy) is 1. The fourth-order valence-electron chi connectivity index (χ4n) is 4.38. The van der Waals surface area contributed by atoms with Crippen LogP contribution in [0.15, 0.2) is 30.6 Å². The second-order valence-corrected chi connectivity index (χ2v) is 8.02. The zero-order valence-electron chi connectivity index (χ0n) is 17.1. The molecule has 1 amide bonds. The maximum Gasteiger partial charge on any atom is 0.260 e. The number of likely N-dealkylation sites (tertiary alicyclic amines) is 1. The molecule has 7 nitrogen and oxygen atoms in total. The van der Waals surface area contributed by atoms with Gasteiger partial charge in [0.25, 0.3) is 6.43 Å². The van der Waals surface area contributed by atoms with E-state index in [4.69, 9.17) is 4.74 Å². The second-order valence-electron chi connectivity index (χ2n) is 8.02. The minimum absolute atomic E-state index is 0.0392. The van der Waals surface area contributed by atoms with Crippen molar-refractivity contribution < 1.29 is 22.7 Å². The number of piperidine rings is 1. The molecule has 1 fully saturated rings. The molecule has 0 saturated carbocycles. The fraction of sp³-hybridized carbons (Fsp3) is 0.571. The molecule has 0 aliphatic carbocycles. The van der Waals surface area contributed by atoms with E-state index in [2.05, 4.69) is 15.4 Å². The van der Waals surface area contributed by atoms with E-state index < -0.39 is 18.3 Å². The summed E-state index contributed by atoms with van der Waals surface area (Å²) in [5.41, 5.74) is 0. The number of amides is 1. The van der Waals surface area contributed by atoms with Gasteiger partial charge in [0.15, 0.2) is 11.6 Å². The Hall–Kier alpha value is -2.78. The maximum absolute atomic E-state index is 13.5. The largest absolute Gasteiger partial charge is 0.491 e. The summed E-state index contributed by atoms with van der Waals surface area (Å²) in [7, 11) is 0. The van der Waals surface area contributed by atoms with Crippen molar-refractivity contribution in [3.63, 3.8) is 0 Å². The highest BCUT2D eigenvalue weighted by molar-refractivity contribution is 5.76. The van der Waals surface area contributed by atoms with Crippen LogP contribution in [0.25, 0.3) is 0 Å². The van der Waals surface area contributed by atoms with E-state index >= 15 is 0 Å². The van der Waals surface area contributed by atoms with Gasteiger partial charge in [0.1, 0.15) is 12.4 Å². The molecule has 0 unspecified atom stereocenters. The first-order valence-electron chi connectivity index (χ1n) is 10.6. The number of carbonyl (C=O) groups excluding carboxylic acids is 1. The summed E-state index contributed by atoms with van der Waals surface area (Å²) >= 11 is 0. The van der Waals surface area contributed by atoms with Crippen molar-refractivity contribution in [2.45, 2.75) is 50.6 Å². The van der Waals surface area contributed by atoms with Crippen LogP contribution >= 0.6 is 0 Å². The molecule has 10 heteroatoms. The lowest BCUT2D eigenvalue weighted by Crippen LogP contribution is -2.46. The Bertz CT molecular complexity index is 885. The zero-order valence-corrected chi connectivity index (χ0v) is 17.1. The number of nitrogens with zero attached hydrogens (tertiary/aromatic N) is 4. The van der Waals surface area contributed by atoms with E-state index in [-0.39, 0.29) is 30.2 Å². The second kappa shape index (κ2) is 9.57. The Morgan fingerprint density at radius 2 is 2.03 bits per heavy atom. The van der Waals surface area contributed by atoms with Gasteiger partial charge in [-0.3, -0.25) is 4.79 Å². The number of aromatic nitrogens is 3. The Morgan fingerprint density at radius 3 is 2.77 bits per heavy atom. The van der Waals surface area contributed by atoms with Crippen LogP contribution in [-0.4, -0.2) is 57.7 Å². The van der Waals surface area contributed by atoms with Crippen LogP contribution < -0.4 is 10.1 Å². The Kier molecular flexibility index (Phi) is 6.62. The summed E-state index contributed by atoms with van der Waals surface area (Å²) in [6.07, 6.45) is 1.41. The molecule has 3 heterocycles. The van der Waals surface area contributed by atoms with Gasteiger partial charge in [0, 0.05) is 25.6 Å². The molecule has 2 atom stereocenters. The number of hydrogen-bond donors (Lipinski definition) is 1. The minimum Gasteiger partial charge on any atom is -0.491 e. The van der Waals surface area contributed by atoms with Gasteiger partial charge >= 0.3 is 0 Å². The van der Waals surface area contributed by atoms with Gasteiger partial charge < -0.3 is 15.0 Å². The molecule has 0 radical (unpaired) electrons. The number of anilines is 1. The predicted molar refractivity (Wildman–Crippen MR) is 108 cm³/mol. The SMILES string of the molecule is O=C(CCCOc1ccccc1F)N1CCC([C@@H]2C[C@H](C(F)F)n3ncnc3N2)CC1. The van der Waals surface area contributed by atoms with Crippen molar-refractivity contribution in [3.8, 4) is 5.75 Å².